The summed E-state index contributed by atoms with van der Waals surface area (Å²) in [6, 6.07) is 0.345. The standard InChI is InChI=1S/C16H23FN2O2/c1-10(16(18)14(17)3-2-13-9-19-13)6-12-7-11(4-5-20)8-15(12)21/h3,5,11-13,15,18-19,21H,1-2,4,6-9H2. The number of hydrogen-bond donors (Lipinski definition) is 3. The number of allylic oxidation sites excluding steroid dienone is 2. The number of aldehydes is 1. The fraction of sp³-hybridized carbons (Fsp3) is 0.625. The second kappa shape index (κ2) is 7.09. The van der Waals surface area contributed by atoms with Gasteiger partial charge in [-0.1, -0.05) is 6.58 Å². The fourth-order valence-electron chi connectivity index (χ4n) is 2.95. The molecule has 1 heterocycles. The van der Waals surface area contributed by atoms with Gasteiger partial charge in [-0.05, 0) is 49.2 Å². The number of carbonyl (C=O) groups is 1. The van der Waals surface area contributed by atoms with Gasteiger partial charge in [-0.2, -0.15) is 0 Å². The van der Waals surface area contributed by atoms with E-state index in [1.54, 1.807) is 0 Å². The van der Waals surface area contributed by atoms with Crippen LogP contribution in [0.4, 0.5) is 4.39 Å². The number of halogens is 1. The van der Waals surface area contributed by atoms with Gasteiger partial charge >= 0.3 is 0 Å². The molecule has 0 spiro atoms. The van der Waals surface area contributed by atoms with Crippen molar-refractivity contribution in [2.24, 2.45) is 11.8 Å². The van der Waals surface area contributed by atoms with Crippen LogP contribution in [0.15, 0.2) is 24.1 Å². The first-order valence-electron chi connectivity index (χ1n) is 7.49. The lowest BCUT2D eigenvalue weighted by Gasteiger charge is -2.16. The zero-order valence-corrected chi connectivity index (χ0v) is 12.1. The van der Waals surface area contributed by atoms with Gasteiger partial charge in [0.2, 0.25) is 0 Å². The minimum Gasteiger partial charge on any atom is -0.393 e. The molecule has 1 saturated heterocycles. The van der Waals surface area contributed by atoms with Gasteiger partial charge in [0.05, 0.1) is 11.8 Å². The first-order valence-corrected chi connectivity index (χ1v) is 7.49. The molecule has 4 unspecified atom stereocenters. The summed E-state index contributed by atoms with van der Waals surface area (Å²) in [4.78, 5) is 10.5. The summed E-state index contributed by atoms with van der Waals surface area (Å²) in [5.74, 6) is -0.364. The van der Waals surface area contributed by atoms with Crippen LogP contribution in [0.1, 0.15) is 32.1 Å². The smallest absolute Gasteiger partial charge is 0.144 e. The first-order chi connectivity index (χ1) is 10.0. The lowest BCUT2D eigenvalue weighted by molar-refractivity contribution is -0.108. The third kappa shape index (κ3) is 4.58. The second-order valence-corrected chi connectivity index (χ2v) is 6.14. The first kappa shape index (κ1) is 16.0. The Bertz CT molecular complexity index is 457. The molecule has 0 bridgehead atoms. The van der Waals surface area contributed by atoms with Crippen molar-refractivity contribution in [3.8, 4) is 0 Å². The molecule has 2 aliphatic rings. The van der Waals surface area contributed by atoms with E-state index in [1.807, 2.05) is 0 Å². The zero-order chi connectivity index (χ0) is 15.4. The van der Waals surface area contributed by atoms with E-state index >= 15 is 0 Å². The van der Waals surface area contributed by atoms with Crippen LogP contribution in [0.5, 0.6) is 0 Å². The number of aliphatic hydroxyl groups excluding tert-OH is 1. The molecule has 1 aliphatic heterocycles. The highest BCUT2D eigenvalue weighted by Crippen LogP contribution is 2.36. The van der Waals surface area contributed by atoms with Crippen LogP contribution in [-0.4, -0.2) is 35.8 Å². The Morgan fingerprint density at radius 2 is 2.14 bits per heavy atom. The van der Waals surface area contributed by atoms with E-state index in [0.29, 0.717) is 37.3 Å². The maximum absolute atomic E-state index is 13.8. The summed E-state index contributed by atoms with van der Waals surface area (Å²) in [6.07, 6.45) is 4.64. The molecule has 5 heteroatoms. The van der Waals surface area contributed by atoms with E-state index in [2.05, 4.69) is 11.9 Å². The topological polar surface area (TPSA) is 83.1 Å². The summed E-state index contributed by atoms with van der Waals surface area (Å²) in [7, 11) is 0. The summed E-state index contributed by atoms with van der Waals surface area (Å²) < 4.78 is 13.8. The monoisotopic (exact) mass is 294 g/mol. The Morgan fingerprint density at radius 3 is 2.76 bits per heavy atom. The van der Waals surface area contributed by atoms with Crippen molar-refractivity contribution < 1.29 is 14.3 Å². The number of aliphatic hydroxyl groups is 1. The Balaban J connectivity index is 1.83. The fourth-order valence-corrected chi connectivity index (χ4v) is 2.95. The Morgan fingerprint density at radius 1 is 1.43 bits per heavy atom. The molecule has 21 heavy (non-hydrogen) atoms. The lowest BCUT2D eigenvalue weighted by atomic mass is 9.93. The van der Waals surface area contributed by atoms with E-state index in [1.165, 1.54) is 6.08 Å². The molecule has 4 atom stereocenters. The Kier molecular flexibility index (Phi) is 5.42. The van der Waals surface area contributed by atoms with Gasteiger partial charge in [-0.3, -0.25) is 5.41 Å². The number of hydrogen-bond acceptors (Lipinski definition) is 4. The van der Waals surface area contributed by atoms with Crippen LogP contribution >= 0.6 is 0 Å². The third-order valence-corrected chi connectivity index (χ3v) is 4.36. The summed E-state index contributed by atoms with van der Waals surface area (Å²) in [5, 5.41) is 20.9. The number of carbonyl (C=O) groups excluding carboxylic acids is 1. The summed E-state index contributed by atoms with van der Waals surface area (Å²) in [6.45, 7) is 4.69. The van der Waals surface area contributed by atoms with Crippen LogP contribution < -0.4 is 5.32 Å². The normalized spacial score (nSPS) is 32.0. The highest BCUT2D eigenvalue weighted by molar-refractivity contribution is 6.08. The molecule has 0 radical (unpaired) electrons. The zero-order valence-electron chi connectivity index (χ0n) is 12.1. The van der Waals surface area contributed by atoms with E-state index in [9.17, 15) is 14.3 Å². The van der Waals surface area contributed by atoms with Crippen molar-refractivity contribution in [1.29, 1.82) is 5.41 Å². The van der Waals surface area contributed by atoms with Crippen LogP contribution in [0.2, 0.25) is 0 Å². The van der Waals surface area contributed by atoms with E-state index in [0.717, 1.165) is 19.3 Å². The average Bonchev–Trinajstić information content (AvgIpc) is 3.21. The van der Waals surface area contributed by atoms with Gasteiger partial charge in [0, 0.05) is 19.0 Å². The van der Waals surface area contributed by atoms with Crippen LogP contribution in [-0.2, 0) is 4.79 Å². The van der Waals surface area contributed by atoms with Gasteiger partial charge in [-0.15, -0.1) is 0 Å². The highest BCUT2D eigenvalue weighted by Gasteiger charge is 2.33. The molecule has 1 saturated carbocycles. The molecule has 0 aromatic carbocycles. The molecule has 0 aromatic heterocycles. The minimum atomic E-state index is -0.536. The molecular weight excluding hydrogens is 271 g/mol. The number of nitrogens with one attached hydrogen (secondary N) is 2. The molecule has 0 aromatic rings. The second-order valence-electron chi connectivity index (χ2n) is 6.14. The van der Waals surface area contributed by atoms with Crippen LogP contribution in [0.3, 0.4) is 0 Å². The molecule has 2 fully saturated rings. The predicted molar refractivity (Wildman–Crippen MR) is 80.0 cm³/mol. The van der Waals surface area contributed by atoms with Crippen molar-refractivity contribution in [2.75, 3.05) is 6.54 Å². The molecule has 3 N–H and O–H groups in total. The SMILES string of the molecule is C=C(CC1CC(CC=O)CC1O)C(=N)C(F)=CCC1CN1. The molecule has 0 amide bonds. The average molecular weight is 294 g/mol. The van der Waals surface area contributed by atoms with Gasteiger partial charge in [0.15, 0.2) is 0 Å². The molecule has 116 valence electrons. The van der Waals surface area contributed by atoms with Gasteiger partial charge in [0.1, 0.15) is 12.1 Å². The molecule has 1 aliphatic carbocycles. The number of rotatable bonds is 8. The molecule has 2 rings (SSSR count). The molecule has 4 nitrogen and oxygen atoms in total. The van der Waals surface area contributed by atoms with Gasteiger partial charge in [-0.25, -0.2) is 4.39 Å². The lowest BCUT2D eigenvalue weighted by Crippen LogP contribution is -2.16. The minimum absolute atomic E-state index is 0.0271. The summed E-state index contributed by atoms with van der Waals surface area (Å²) >= 11 is 0. The third-order valence-electron chi connectivity index (χ3n) is 4.36. The highest BCUT2D eigenvalue weighted by atomic mass is 19.1. The van der Waals surface area contributed by atoms with E-state index in [-0.39, 0.29) is 17.5 Å². The van der Waals surface area contributed by atoms with Crippen LogP contribution in [0, 0.1) is 17.2 Å². The van der Waals surface area contributed by atoms with Crippen molar-refractivity contribution in [1.82, 2.24) is 5.32 Å². The van der Waals surface area contributed by atoms with E-state index in [4.69, 9.17) is 5.41 Å². The molecular formula is C16H23FN2O2. The van der Waals surface area contributed by atoms with Gasteiger partial charge < -0.3 is 15.2 Å². The van der Waals surface area contributed by atoms with E-state index < -0.39 is 11.9 Å². The maximum Gasteiger partial charge on any atom is 0.144 e. The van der Waals surface area contributed by atoms with Gasteiger partial charge in [0.25, 0.3) is 0 Å². The quantitative estimate of drug-likeness (QED) is 0.364. The Hall–Kier alpha value is -1.33. The van der Waals surface area contributed by atoms with Crippen molar-refractivity contribution in [2.45, 2.75) is 44.2 Å². The predicted octanol–water partition coefficient (Wildman–Crippen LogP) is 2.14. The largest absolute Gasteiger partial charge is 0.393 e. The van der Waals surface area contributed by atoms with Crippen molar-refractivity contribution in [3.05, 3.63) is 24.1 Å². The summed E-state index contributed by atoms with van der Waals surface area (Å²) in [5.41, 5.74) is 0.255. The van der Waals surface area contributed by atoms with Crippen LogP contribution in [0.25, 0.3) is 0 Å². The Labute approximate surface area is 124 Å². The van der Waals surface area contributed by atoms with Crippen molar-refractivity contribution in [3.63, 3.8) is 0 Å². The maximum atomic E-state index is 13.8. The van der Waals surface area contributed by atoms with Crippen molar-refractivity contribution >= 4 is 12.0 Å².